The number of alkyl halides is 1. The van der Waals surface area contributed by atoms with Crippen molar-refractivity contribution >= 4 is 27.8 Å². The molecule has 0 saturated heterocycles. The number of aliphatic carboxylic acids is 1. The molecule has 0 spiro atoms. The molecule has 1 unspecified atom stereocenters. The largest absolute Gasteiger partial charge is 0.480 e. The first kappa shape index (κ1) is 12.4. The van der Waals surface area contributed by atoms with E-state index in [1.165, 1.54) is 6.92 Å². The van der Waals surface area contributed by atoms with Gasteiger partial charge in [-0.05, 0) is 19.3 Å². The summed E-state index contributed by atoms with van der Waals surface area (Å²) in [6.07, 6.45) is 2.20. The zero-order valence-corrected chi connectivity index (χ0v) is 9.13. The predicted molar refractivity (Wildman–Crippen MR) is 52.9 cm³/mol. The fraction of sp³-hybridized carbons (Fsp3) is 0.750. The van der Waals surface area contributed by atoms with Crippen molar-refractivity contribution in [1.29, 1.82) is 0 Å². The lowest BCUT2D eigenvalue weighted by Crippen LogP contribution is -2.21. The zero-order chi connectivity index (χ0) is 10.3. The molecule has 2 N–H and O–H groups in total. The first-order valence-corrected chi connectivity index (χ1v) is 5.07. The van der Waals surface area contributed by atoms with E-state index in [1.54, 1.807) is 0 Å². The summed E-state index contributed by atoms with van der Waals surface area (Å²) in [4.78, 5) is 20.3. The molecule has 0 heterocycles. The van der Waals surface area contributed by atoms with Crippen LogP contribution in [0.25, 0.3) is 0 Å². The quantitative estimate of drug-likeness (QED) is 0.550. The molecule has 0 bridgehead atoms. The second kappa shape index (κ2) is 6.88. The molecule has 13 heavy (non-hydrogen) atoms. The number of unbranched alkanes of at least 4 members (excludes halogenated alkanes) is 1. The Balaban J connectivity index is 3.26. The first-order valence-electron chi connectivity index (χ1n) is 4.15. The summed E-state index contributed by atoms with van der Waals surface area (Å²) in [5, 5.41) is 11.2. The molecule has 0 aromatic rings. The molecule has 5 heteroatoms. The maximum Gasteiger partial charge on any atom is 0.317 e. The van der Waals surface area contributed by atoms with Gasteiger partial charge in [0.25, 0.3) is 0 Å². The Morgan fingerprint density at radius 1 is 1.46 bits per heavy atom. The number of carboxylic acid groups (broad SMARTS) is 1. The molecule has 0 fully saturated rings. The zero-order valence-electron chi connectivity index (χ0n) is 7.55. The van der Waals surface area contributed by atoms with E-state index < -0.39 is 10.8 Å². The molecule has 1 atom stereocenters. The molecule has 0 aliphatic heterocycles. The van der Waals surface area contributed by atoms with E-state index in [9.17, 15) is 9.59 Å². The van der Waals surface area contributed by atoms with Gasteiger partial charge in [-0.25, -0.2) is 0 Å². The Morgan fingerprint density at radius 2 is 2.08 bits per heavy atom. The average molecular weight is 252 g/mol. The number of hydrogen-bond donors (Lipinski definition) is 2. The topological polar surface area (TPSA) is 66.4 Å². The van der Waals surface area contributed by atoms with Crippen LogP contribution in [0.15, 0.2) is 0 Å². The van der Waals surface area contributed by atoms with Gasteiger partial charge in [-0.2, -0.15) is 0 Å². The van der Waals surface area contributed by atoms with Crippen molar-refractivity contribution in [3.8, 4) is 0 Å². The minimum absolute atomic E-state index is 0.0476. The van der Waals surface area contributed by atoms with Crippen molar-refractivity contribution in [3.63, 3.8) is 0 Å². The van der Waals surface area contributed by atoms with Crippen LogP contribution >= 0.6 is 15.9 Å². The lowest BCUT2D eigenvalue weighted by atomic mass is 10.2. The number of halogens is 1. The number of carbonyl (C=O) groups is 2. The normalized spacial score (nSPS) is 12.2. The van der Waals surface area contributed by atoms with E-state index in [0.717, 1.165) is 12.8 Å². The van der Waals surface area contributed by atoms with Crippen LogP contribution in [0, 0.1) is 0 Å². The maximum atomic E-state index is 10.4. The van der Waals surface area contributed by atoms with Crippen LogP contribution in [0.4, 0.5) is 0 Å². The molecule has 0 aliphatic rings. The molecule has 1 amide bonds. The summed E-state index contributed by atoms with van der Waals surface area (Å²) >= 11 is 3.04. The van der Waals surface area contributed by atoms with E-state index >= 15 is 0 Å². The summed E-state index contributed by atoms with van der Waals surface area (Å²) in [5.74, 6) is -0.881. The Hall–Kier alpha value is -0.580. The third-order valence-corrected chi connectivity index (χ3v) is 2.38. The lowest BCUT2D eigenvalue weighted by molar-refractivity contribution is -0.136. The van der Waals surface area contributed by atoms with Crippen molar-refractivity contribution in [2.75, 3.05) is 6.54 Å². The molecule has 4 nitrogen and oxygen atoms in total. The Morgan fingerprint density at radius 3 is 2.54 bits per heavy atom. The summed E-state index contributed by atoms with van der Waals surface area (Å²) < 4.78 is 0. The summed E-state index contributed by atoms with van der Waals surface area (Å²) in [7, 11) is 0. The summed E-state index contributed by atoms with van der Waals surface area (Å²) in [6, 6.07) is 0. The monoisotopic (exact) mass is 251 g/mol. The Kier molecular flexibility index (Phi) is 6.58. The van der Waals surface area contributed by atoms with Crippen LogP contribution in [-0.4, -0.2) is 28.4 Å². The Labute approximate surface area is 85.8 Å². The highest BCUT2D eigenvalue weighted by atomic mass is 79.9. The van der Waals surface area contributed by atoms with Gasteiger partial charge in [-0.1, -0.05) is 15.9 Å². The average Bonchev–Trinajstić information content (AvgIpc) is 2.02. The van der Waals surface area contributed by atoms with Crippen molar-refractivity contribution in [3.05, 3.63) is 0 Å². The Bertz CT molecular complexity index is 184. The SMILES string of the molecule is CC(=O)NCCCCC(Br)C(=O)O. The second-order valence-electron chi connectivity index (χ2n) is 2.78. The van der Waals surface area contributed by atoms with Gasteiger partial charge in [-0.3, -0.25) is 9.59 Å². The van der Waals surface area contributed by atoms with Crippen LogP contribution in [0.1, 0.15) is 26.2 Å². The molecule has 76 valence electrons. The summed E-state index contributed by atoms with van der Waals surface area (Å²) in [5.41, 5.74) is 0. The highest BCUT2D eigenvalue weighted by Gasteiger charge is 2.11. The number of nitrogens with one attached hydrogen (secondary N) is 1. The highest BCUT2D eigenvalue weighted by Crippen LogP contribution is 2.09. The number of carboxylic acids is 1. The molecular formula is C8H14BrNO3. The lowest BCUT2D eigenvalue weighted by Gasteiger charge is -2.04. The number of rotatable bonds is 6. The molecule has 0 aromatic heterocycles. The van der Waals surface area contributed by atoms with Crippen LogP contribution < -0.4 is 5.32 Å². The van der Waals surface area contributed by atoms with Gasteiger partial charge in [0.05, 0.1) is 0 Å². The van der Waals surface area contributed by atoms with Gasteiger partial charge in [0.2, 0.25) is 5.91 Å². The molecule has 0 radical (unpaired) electrons. The minimum atomic E-state index is -0.834. The molecule has 0 aliphatic carbocycles. The minimum Gasteiger partial charge on any atom is -0.480 e. The smallest absolute Gasteiger partial charge is 0.317 e. The highest BCUT2D eigenvalue weighted by molar-refractivity contribution is 9.10. The predicted octanol–water partition coefficient (Wildman–Crippen LogP) is 1.14. The van der Waals surface area contributed by atoms with Gasteiger partial charge in [0, 0.05) is 13.5 Å². The molecular weight excluding hydrogens is 238 g/mol. The van der Waals surface area contributed by atoms with Crippen LogP contribution in [0.3, 0.4) is 0 Å². The first-order chi connectivity index (χ1) is 6.04. The van der Waals surface area contributed by atoms with Crippen molar-refractivity contribution in [1.82, 2.24) is 5.32 Å². The van der Waals surface area contributed by atoms with E-state index in [1.807, 2.05) is 0 Å². The molecule has 0 rings (SSSR count). The number of hydrogen-bond acceptors (Lipinski definition) is 2. The van der Waals surface area contributed by atoms with E-state index in [-0.39, 0.29) is 5.91 Å². The third-order valence-electron chi connectivity index (χ3n) is 1.53. The fourth-order valence-electron chi connectivity index (χ4n) is 0.836. The third kappa shape index (κ3) is 7.77. The molecule has 0 saturated carbocycles. The fourth-order valence-corrected chi connectivity index (χ4v) is 1.16. The van der Waals surface area contributed by atoms with Gasteiger partial charge in [-0.15, -0.1) is 0 Å². The standard InChI is InChI=1S/C8H14BrNO3/c1-6(11)10-5-3-2-4-7(9)8(12)13/h7H,2-5H2,1H3,(H,10,11)(H,12,13). The number of amides is 1. The van der Waals surface area contributed by atoms with E-state index in [2.05, 4.69) is 21.2 Å². The van der Waals surface area contributed by atoms with Crippen molar-refractivity contribution in [2.24, 2.45) is 0 Å². The van der Waals surface area contributed by atoms with Crippen molar-refractivity contribution < 1.29 is 14.7 Å². The summed E-state index contributed by atoms with van der Waals surface area (Å²) in [6.45, 7) is 2.08. The van der Waals surface area contributed by atoms with Gasteiger partial charge < -0.3 is 10.4 Å². The van der Waals surface area contributed by atoms with Gasteiger partial charge in [0.1, 0.15) is 4.83 Å². The van der Waals surface area contributed by atoms with E-state index in [4.69, 9.17) is 5.11 Å². The van der Waals surface area contributed by atoms with Crippen LogP contribution in [0.5, 0.6) is 0 Å². The van der Waals surface area contributed by atoms with Gasteiger partial charge in [0.15, 0.2) is 0 Å². The van der Waals surface area contributed by atoms with Crippen LogP contribution in [-0.2, 0) is 9.59 Å². The van der Waals surface area contributed by atoms with E-state index in [0.29, 0.717) is 13.0 Å². The molecule has 0 aromatic carbocycles. The maximum absolute atomic E-state index is 10.4. The number of carbonyl (C=O) groups excluding carboxylic acids is 1. The van der Waals surface area contributed by atoms with Gasteiger partial charge >= 0.3 is 5.97 Å². The van der Waals surface area contributed by atoms with Crippen molar-refractivity contribution in [2.45, 2.75) is 31.0 Å². The second-order valence-corrected chi connectivity index (χ2v) is 3.89. The van der Waals surface area contributed by atoms with Crippen LogP contribution in [0.2, 0.25) is 0 Å².